The normalized spacial score (nSPS) is 11.9. The van der Waals surface area contributed by atoms with Gasteiger partial charge in [0, 0.05) is 0 Å². The van der Waals surface area contributed by atoms with Crippen molar-refractivity contribution in [3.63, 3.8) is 0 Å². The Morgan fingerprint density at radius 3 is 2.43 bits per heavy atom. The average Bonchev–Trinajstić information content (AvgIpc) is 2.18. The molecule has 1 rings (SSSR count). The topological polar surface area (TPSA) is 55.8 Å². The summed E-state index contributed by atoms with van der Waals surface area (Å²) in [4.78, 5) is 10.5. The van der Waals surface area contributed by atoms with Crippen LogP contribution >= 0.6 is 0 Å². The van der Waals surface area contributed by atoms with E-state index in [2.05, 4.69) is 0 Å². The lowest BCUT2D eigenvalue weighted by atomic mass is 10.3. The molecule has 0 heterocycles. The van der Waals surface area contributed by atoms with Crippen LogP contribution in [0.15, 0.2) is 24.3 Å². The van der Waals surface area contributed by atoms with Crippen LogP contribution in [0, 0.1) is 0 Å². The van der Waals surface area contributed by atoms with E-state index in [4.69, 9.17) is 14.6 Å². The van der Waals surface area contributed by atoms with Crippen LogP contribution in [0.4, 0.5) is 0 Å². The van der Waals surface area contributed by atoms with Gasteiger partial charge in [-0.25, -0.2) is 4.79 Å². The molecule has 0 amide bonds. The zero-order valence-corrected chi connectivity index (χ0v) is 8.06. The van der Waals surface area contributed by atoms with Crippen molar-refractivity contribution < 1.29 is 19.4 Å². The van der Waals surface area contributed by atoms with Gasteiger partial charge in [-0.05, 0) is 19.1 Å². The molecule has 0 saturated heterocycles. The summed E-state index contributed by atoms with van der Waals surface area (Å²) < 4.78 is 10.2. The van der Waals surface area contributed by atoms with Crippen LogP contribution in [0.3, 0.4) is 0 Å². The van der Waals surface area contributed by atoms with E-state index in [1.54, 1.807) is 24.3 Å². The van der Waals surface area contributed by atoms with Gasteiger partial charge in [-0.3, -0.25) is 0 Å². The molecule has 0 bridgehead atoms. The molecule has 0 unspecified atom stereocenters. The van der Waals surface area contributed by atoms with Crippen molar-refractivity contribution in [1.82, 2.24) is 0 Å². The Bertz CT molecular complexity index is 322. The molecule has 0 spiro atoms. The Labute approximate surface area is 82.1 Å². The lowest BCUT2D eigenvalue weighted by Gasteiger charge is -2.12. The average molecular weight is 196 g/mol. The Kier molecular flexibility index (Phi) is 3.34. The summed E-state index contributed by atoms with van der Waals surface area (Å²) in [5, 5.41) is 8.64. The van der Waals surface area contributed by atoms with Crippen molar-refractivity contribution in [2.45, 2.75) is 13.0 Å². The van der Waals surface area contributed by atoms with Crippen molar-refractivity contribution in [3.05, 3.63) is 24.3 Å². The van der Waals surface area contributed by atoms with Gasteiger partial charge >= 0.3 is 5.97 Å². The van der Waals surface area contributed by atoms with Gasteiger partial charge in [-0.1, -0.05) is 12.1 Å². The van der Waals surface area contributed by atoms with Crippen LogP contribution in [-0.2, 0) is 4.79 Å². The molecular weight excluding hydrogens is 184 g/mol. The molecule has 1 N–H and O–H groups in total. The number of rotatable bonds is 4. The predicted molar refractivity (Wildman–Crippen MR) is 50.7 cm³/mol. The molecule has 0 aromatic heterocycles. The van der Waals surface area contributed by atoms with Crippen LogP contribution in [0.25, 0.3) is 0 Å². The van der Waals surface area contributed by atoms with Gasteiger partial charge < -0.3 is 14.6 Å². The van der Waals surface area contributed by atoms with Crippen LogP contribution in [-0.4, -0.2) is 24.3 Å². The first kappa shape index (κ1) is 10.4. The smallest absolute Gasteiger partial charge is 0.344 e. The Morgan fingerprint density at radius 1 is 1.36 bits per heavy atom. The third kappa shape index (κ3) is 2.39. The molecule has 0 fully saturated rings. The van der Waals surface area contributed by atoms with E-state index in [-0.39, 0.29) is 0 Å². The van der Waals surface area contributed by atoms with Gasteiger partial charge in [-0.15, -0.1) is 0 Å². The molecule has 4 heteroatoms. The monoisotopic (exact) mass is 196 g/mol. The highest BCUT2D eigenvalue weighted by molar-refractivity contribution is 5.72. The van der Waals surface area contributed by atoms with Gasteiger partial charge in [-0.2, -0.15) is 0 Å². The van der Waals surface area contributed by atoms with E-state index >= 15 is 0 Å². The molecule has 4 nitrogen and oxygen atoms in total. The zero-order valence-electron chi connectivity index (χ0n) is 8.06. The summed E-state index contributed by atoms with van der Waals surface area (Å²) in [6.07, 6.45) is -0.883. The lowest BCUT2D eigenvalue weighted by molar-refractivity contribution is -0.144. The predicted octanol–water partition coefficient (Wildman–Crippen LogP) is 1.55. The number of para-hydroxylation sites is 2. The molecule has 14 heavy (non-hydrogen) atoms. The number of carboxylic acid groups (broad SMARTS) is 1. The number of benzene rings is 1. The maximum atomic E-state index is 10.5. The highest BCUT2D eigenvalue weighted by Crippen LogP contribution is 2.26. The van der Waals surface area contributed by atoms with Gasteiger partial charge in [0.25, 0.3) is 0 Å². The Morgan fingerprint density at radius 2 is 1.93 bits per heavy atom. The summed E-state index contributed by atoms with van der Waals surface area (Å²) >= 11 is 0. The molecule has 0 aliphatic rings. The van der Waals surface area contributed by atoms with Crippen molar-refractivity contribution in [3.8, 4) is 11.5 Å². The van der Waals surface area contributed by atoms with E-state index in [1.807, 2.05) is 0 Å². The Balaban J connectivity index is 2.80. The maximum Gasteiger partial charge on any atom is 0.344 e. The molecule has 1 atom stereocenters. The third-order valence-electron chi connectivity index (χ3n) is 1.72. The molecule has 0 radical (unpaired) electrons. The standard InChI is InChI=1S/C10H12O4/c1-7(10(11)12)14-9-6-4-3-5-8(9)13-2/h3-7H,1-2H3,(H,11,12)/t7-/m0/s1. The third-order valence-corrected chi connectivity index (χ3v) is 1.72. The molecule has 1 aromatic rings. The lowest BCUT2D eigenvalue weighted by Crippen LogP contribution is -2.23. The van der Waals surface area contributed by atoms with Crippen molar-refractivity contribution in [2.75, 3.05) is 7.11 Å². The number of carbonyl (C=O) groups is 1. The molecule has 76 valence electrons. The van der Waals surface area contributed by atoms with Crippen molar-refractivity contribution in [1.29, 1.82) is 0 Å². The molecule has 0 aliphatic heterocycles. The van der Waals surface area contributed by atoms with E-state index in [9.17, 15) is 4.79 Å². The maximum absolute atomic E-state index is 10.5. The largest absolute Gasteiger partial charge is 0.493 e. The summed E-state index contributed by atoms with van der Waals surface area (Å²) in [5.41, 5.74) is 0. The molecule has 1 aromatic carbocycles. The van der Waals surface area contributed by atoms with Gasteiger partial charge in [0.15, 0.2) is 17.6 Å². The van der Waals surface area contributed by atoms with Crippen molar-refractivity contribution in [2.24, 2.45) is 0 Å². The molecule has 0 aliphatic carbocycles. The minimum Gasteiger partial charge on any atom is -0.493 e. The first-order valence-corrected chi connectivity index (χ1v) is 4.17. The SMILES string of the molecule is COc1ccccc1O[C@@H](C)C(=O)O. The fourth-order valence-corrected chi connectivity index (χ4v) is 0.957. The van der Waals surface area contributed by atoms with Gasteiger partial charge in [0.2, 0.25) is 0 Å². The van der Waals surface area contributed by atoms with Gasteiger partial charge in [0.1, 0.15) is 0 Å². The number of ether oxygens (including phenoxy) is 2. The van der Waals surface area contributed by atoms with Crippen LogP contribution in [0.2, 0.25) is 0 Å². The fourth-order valence-electron chi connectivity index (χ4n) is 0.957. The quantitative estimate of drug-likeness (QED) is 0.793. The summed E-state index contributed by atoms with van der Waals surface area (Å²) in [5.74, 6) is -0.0404. The van der Waals surface area contributed by atoms with Crippen LogP contribution < -0.4 is 9.47 Å². The molecule has 0 saturated carbocycles. The number of methoxy groups -OCH3 is 1. The highest BCUT2D eigenvalue weighted by atomic mass is 16.5. The minimum absolute atomic E-state index is 0.435. The molecular formula is C10H12O4. The second kappa shape index (κ2) is 4.50. The number of aliphatic carboxylic acids is 1. The van der Waals surface area contributed by atoms with Crippen molar-refractivity contribution >= 4 is 5.97 Å². The van der Waals surface area contributed by atoms with E-state index < -0.39 is 12.1 Å². The van der Waals surface area contributed by atoms with Crippen LogP contribution in [0.5, 0.6) is 11.5 Å². The summed E-state index contributed by atoms with van der Waals surface area (Å²) in [7, 11) is 1.51. The summed E-state index contributed by atoms with van der Waals surface area (Å²) in [6.45, 7) is 1.47. The van der Waals surface area contributed by atoms with E-state index in [0.29, 0.717) is 11.5 Å². The number of hydrogen-bond acceptors (Lipinski definition) is 3. The fraction of sp³-hybridized carbons (Fsp3) is 0.300. The second-order valence-electron chi connectivity index (χ2n) is 2.75. The van der Waals surface area contributed by atoms with Gasteiger partial charge in [0.05, 0.1) is 7.11 Å². The number of hydrogen-bond donors (Lipinski definition) is 1. The van der Waals surface area contributed by atoms with Crippen LogP contribution in [0.1, 0.15) is 6.92 Å². The first-order valence-electron chi connectivity index (χ1n) is 4.17. The zero-order chi connectivity index (χ0) is 10.6. The van der Waals surface area contributed by atoms with E-state index in [0.717, 1.165) is 0 Å². The highest BCUT2D eigenvalue weighted by Gasteiger charge is 2.14. The number of carboxylic acids is 1. The second-order valence-corrected chi connectivity index (χ2v) is 2.75. The minimum atomic E-state index is -1.00. The first-order chi connectivity index (χ1) is 6.65. The Hall–Kier alpha value is -1.71. The summed E-state index contributed by atoms with van der Waals surface area (Å²) in [6, 6.07) is 6.92. The van der Waals surface area contributed by atoms with E-state index in [1.165, 1.54) is 14.0 Å².